The number of hydrogen-bond acceptors (Lipinski definition) is 6. The third-order valence-corrected chi connectivity index (χ3v) is 2.76. The Kier molecular flexibility index (Phi) is 4.01. The van der Waals surface area contributed by atoms with Crippen molar-refractivity contribution in [3.63, 3.8) is 0 Å². The Morgan fingerprint density at radius 3 is 2.63 bits per heavy atom. The highest BCUT2D eigenvalue weighted by atomic mass is 16.5. The Hall–Kier alpha value is -2.08. The van der Waals surface area contributed by atoms with Gasteiger partial charge in [-0.1, -0.05) is 12.1 Å². The van der Waals surface area contributed by atoms with Gasteiger partial charge in [0.15, 0.2) is 11.5 Å². The normalized spacial score (nSPS) is 12.2. The number of ether oxygens (including phenoxy) is 2. The van der Waals surface area contributed by atoms with Gasteiger partial charge in [-0.15, -0.1) is 0 Å². The van der Waals surface area contributed by atoms with E-state index in [0.717, 1.165) is 0 Å². The van der Waals surface area contributed by atoms with E-state index in [9.17, 15) is 5.11 Å². The van der Waals surface area contributed by atoms with E-state index in [-0.39, 0.29) is 5.82 Å². The lowest BCUT2D eigenvalue weighted by molar-refractivity contribution is 0.159. The van der Waals surface area contributed by atoms with Crippen LogP contribution in [0.25, 0.3) is 11.5 Å². The number of aromatic nitrogens is 2. The fourth-order valence-electron chi connectivity index (χ4n) is 1.64. The molecule has 19 heavy (non-hydrogen) atoms. The average molecular weight is 264 g/mol. The summed E-state index contributed by atoms with van der Waals surface area (Å²) in [7, 11) is 3.13. The van der Waals surface area contributed by atoms with Crippen LogP contribution < -0.4 is 9.47 Å². The highest BCUT2D eigenvalue weighted by molar-refractivity contribution is 5.59. The van der Waals surface area contributed by atoms with Gasteiger partial charge in [0, 0.05) is 5.56 Å². The first-order valence-electron chi connectivity index (χ1n) is 5.93. The lowest BCUT2D eigenvalue weighted by Gasteiger charge is -2.07. The summed E-state index contributed by atoms with van der Waals surface area (Å²) in [5.74, 6) is 1.83. The molecule has 0 radical (unpaired) electrons. The Morgan fingerprint density at radius 1 is 1.26 bits per heavy atom. The van der Waals surface area contributed by atoms with Gasteiger partial charge in [0.25, 0.3) is 5.89 Å². The SMILES string of the molecule is CCC(O)c1noc(-c2ccc(OC)c(OC)c2)n1. The molecular formula is C13H16N2O4. The van der Waals surface area contributed by atoms with Crippen LogP contribution in [-0.2, 0) is 0 Å². The van der Waals surface area contributed by atoms with Gasteiger partial charge < -0.3 is 19.1 Å². The van der Waals surface area contributed by atoms with Crippen LogP contribution >= 0.6 is 0 Å². The van der Waals surface area contributed by atoms with E-state index in [1.165, 1.54) is 0 Å². The minimum atomic E-state index is -0.711. The molecule has 102 valence electrons. The molecule has 1 aromatic carbocycles. The minimum Gasteiger partial charge on any atom is -0.493 e. The molecule has 1 heterocycles. The summed E-state index contributed by atoms with van der Waals surface area (Å²) < 4.78 is 15.5. The molecule has 1 N–H and O–H groups in total. The summed E-state index contributed by atoms with van der Waals surface area (Å²) in [5, 5.41) is 13.4. The quantitative estimate of drug-likeness (QED) is 0.892. The number of aliphatic hydroxyl groups excluding tert-OH is 1. The minimum absolute atomic E-state index is 0.285. The third-order valence-electron chi connectivity index (χ3n) is 2.76. The lowest BCUT2D eigenvalue weighted by atomic mass is 10.2. The van der Waals surface area contributed by atoms with Gasteiger partial charge in [0.2, 0.25) is 5.82 Å². The third kappa shape index (κ3) is 2.68. The molecule has 1 aromatic heterocycles. The molecule has 0 fully saturated rings. The first-order valence-corrected chi connectivity index (χ1v) is 5.93. The molecular weight excluding hydrogens is 248 g/mol. The van der Waals surface area contributed by atoms with E-state index in [2.05, 4.69) is 10.1 Å². The highest BCUT2D eigenvalue weighted by Crippen LogP contribution is 2.31. The van der Waals surface area contributed by atoms with E-state index in [4.69, 9.17) is 14.0 Å². The van der Waals surface area contributed by atoms with Crippen LogP contribution in [0.3, 0.4) is 0 Å². The first kappa shape index (κ1) is 13.4. The number of hydrogen-bond donors (Lipinski definition) is 1. The van der Waals surface area contributed by atoms with Gasteiger partial charge in [-0.2, -0.15) is 4.98 Å². The fourth-order valence-corrected chi connectivity index (χ4v) is 1.64. The van der Waals surface area contributed by atoms with Crippen molar-refractivity contribution in [3.05, 3.63) is 24.0 Å². The van der Waals surface area contributed by atoms with E-state index >= 15 is 0 Å². The molecule has 2 rings (SSSR count). The van der Waals surface area contributed by atoms with Crippen molar-refractivity contribution >= 4 is 0 Å². The summed E-state index contributed by atoms with van der Waals surface area (Å²) in [4.78, 5) is 4.16. The van der Waals surface area contributed by atoms with Crippen molar-refractivity contribution in [3.8, 4) is 23.0 Å². The highest BCUT2D eigenvalue weighted by Gasteiger charge is 2.16. The second kappa shape index (κ2) is 5.71. The Morgan fingerprint density at radius 2 is 2.00 bits per heavy atom. The van der Waals surface area contributed by atoms with Gasteiger partial charge in [0.05, 0.1) is 14.2 Å². The summed E-state index contributed by atoms with van der Waals surface area (Å²) in [6.45, 7) is 1.84. The van der Waals surface area contributed by atoms with Gasteiger partial charge in [0.1, 0.15) is 6.10 Å². The Labute approximate surface area is 111 Å². The molecule has 0 aliphatic rings. The van der Waals surface area contributed by atoms with E-state index in [0.29, 0.717) is 29.4 Å². The van der Waals surface area contributed by atoms with Crippen molar-refractivity contribution in [2.75, 3.05) is 14.2 Å². The number of nitrogens with zero attached hydrogens (tertiary/aromatic N) is 2. The van der Waals surface area contributed by atoms with Crippen molar-refractivity contribution in [2.45, 2.75) is 19.4 Å². The number of aliphatic hydroxyl groups is 1. The summed E-state index contributed by atoms with van der Waals surface area (Å²) in [6.07, 6.45) is -0.178. The van der Waals surface area contributed by atoms with Crippen LogP contribution in [0.15, 0.2) is 22.7 Å². The summed E-state index contributed by atoms with van der Waals surface area (Å²) >= 11 is 0. The zero-order chi connectivity index (χ0) is 13.8. The van der Waals surface area contributed by atoms with Crippen LogP contribution in [-0.4, -0.2) is 29.5 Å². The molecule has 6 nitrogen and oxygen atoms in total. The smallest absolute Gasteiger partial charge is 0.258 e. The molecule has 1 unspecified atom stereocenters. The molecule has 1 atom stereocenters. The van der Waals surface area contributed by atoms with Crippen molar-refractivity contribution in [1.29, 1.82) is 0 Å². The monoisotopic (exact) mass is 264 g/mol. The molecule has 6 heteroatoms. The van der Waals surface area contributed by atoms with Crippen LogP contribution in [0.2, 0.25) is 0 Å². The maximum Gasteiger partial charge on any atom is 0.258 e. The molecule has 0 spiro atoms. The molecule has 0 amide bonds. The Balaban J connectivity index is 2.34. The molecule has 2 aromatic rings. The lowest BCUT2D eigenvalue weighted by Crippen LogP contribution is -1.97. The van der Waals surface area contributed by atoms with Crippen LogP contribution in [0.5, 0.6) is 11.5 Å². The molecule has 0 bridgehead atoms. The van der Waals surface area contributed by atoms with Crippen LogP contribution in [0.4, 0.5) is 0 Å². The molecule has 0 aliphatic heterocycles. The maximum absolute atomic E-state index is 9.64. The predicted molar refractivity (Wildman–Crippen MR) is 68.1 cm³/mol. The number of methoxy groups -OCH3 is 2. The second-order valence-electron chi connectivity index (χ2n) is 3.95. The Bertz CT molecular complexity index is 553. The summed E-state index contributed by atoms with van der Waals surface area (Å²) in [6, 6.07) is 5.29. The second-order valence-corrected chi connectivity index (χ2v) is 3.95. The zero-order valence-electron chi connectivity index (χ0n) is 11.1. The molecule has 0 saturated carbocycles. The number of rotatable bonds is 5. The molecule has 0 saturated heterocycles. The van der Waals surface area contributed by atoms with Crippen molar-refractivity contribution < 1.29 is 19.1 Å². The van der Waals surface area contributed by atoms with Gasteiger partial charge >= 0.3 is 0 Å². The van der Waals surface area contributed by atoms with Gasteiger partial charge in [-0.05, 0) is 24.6 Å². The van der Waals surface area contributed by atoms with Crippen LogP contribution in [0, 0.1) is 0 Å². The zero-order valence-corrected chi connectivity index (χ0v) is 11.1. The van der Waals surface area contributed by atoms with E-state index in [1.807, 2.05) is 6.92 Å². The molecule has 0 aliphatic carbocycles. The van der Waals surface area contributed by atoms with Gasteiger partial charge in [-0.3, -0.25) is 0 Å². The maximum atomic E-state index is 9.64. The number of benzene rings is 1. The van der Waals surface area contributed by atoms with Crippen molar-refractivity contribution in [2.24, 2.45) is 0 Å². The van der Waals surface area contributed by atoms with Crippen molar-refractivity contribution in [1.82, 2.24) is 10.1 Å². The average Bonchev–Trinajstić information content (AvgIpc) is 2.95. The fraction of sp³-hybridized carbons (Fsp3) is 0.385. The van der Waals surface area contributed by atoms with E-state index in [1.54, 1.807) is 32.4 Å². The van der Waals surface area contributed by atoms with E-state index < -0.39 is 6.10 Å². The topological polar surface area (TPSA) is 77.6 Å². The standard InChI is InChI=1S/C13H16N2O4/c1-4-9(16)12-14-13(19-15-12)8-5-6-10(17-2)11(7-8)18-3/h5-7,9,16H,4H2,1-3H3. The predicted octanol–water partition coefficient (Wildman–Crippen LogP) is 2.20. The van der Waals surface area contributed by atoms with Gasteiger partial charge in [-0.25, -0.2) is 0 Å². The first-order chi connectivity index (χ1) is 9.19. The van der Waals surface area contributed by atoms with Crippen LogP contribution in [0.1, 0.15) is 25.3 Å². The largest absolute Gasteiger partial charge is 0.493 e. The summed E-state index contributed by atoms with van der Waals surface area (Å²) in [5.41, 5.74) is 0.708.